The molecule has 1 saturated heterocycles. The van der Waals surface area contributed by atoms with Crippen molar-refractivity contribution in [1.29, 1.82) is 0 Å². The van der Waals surface area contributed by atoms with Gasteiger partial charge in [-0.1, -0.05) is 13.8 Å². The van der Waals surface area contributed by atoms with Crippen LogP contribution in [0.4, 0.5) is 0 Å². The minimum Gasteiger partial charge on any atom is -0.304 e. The zero-order chi connectivity index (χ0) is 13.6. The van der Waals surface area contributed by atoms with E-state index >= 15 is 0 Å². The monoisotopic (exact) mass is 277 g/mol. The first-order valence-corrected chi connectivity index (χ1v) is 8.46. The number of hydrogen-bond acceptors (Lipinski definition) is 4. The molecule has 0 saturated carbocycles. The van der Waals surface area contributed by atoms with Crippen LogP contribution in [0.3, 0.4) is 0 Å². The quantitative estimate of drug-likeness (QED) is 0.722. The Labute approximate surface area is 112 Å². The van der Waals surface area contributed by atoms with Gasteiger partial charge in [0.1, 0.15) is 0 Å². The van der Waals surface area contributed by atoms with Crippen LogP contribution in [0.2, 0.25) is 0 Å². The minimum atomic E-state index is -3.05. The first-order chi connectivity index (χ1) is 8.43. The maximum absolute atomic E-state index is 11.5. The Bertz CT molecular complexity index is 324. The predicted octanol–water partition coefficient (Wildman–Crippen LogP) is 0.199. The number of nitrogens with one attached hydrogen (secondary N) is 1. The van der Waals surface area contributed by atoms with Crippen LogP contribution >= 0.6 is 0 Å². The van der Waals surface area contributed by atoms with Crippen molar-refractivity contribution in [2.45, 2.75) is 20.3 Å². The molecule has 1 fully saturated rings. The van der Waals surface area contributed by atoms with Crippen molar-refractivity contribution >= 4 is 10.0 Å². The second-order valence-electron chi connectivity index (χ2n) is 5.38. The summed E-state index contributed by atoms with van der Waals surface area (Å²) < 4.78 is 25.8. The van der Waals surface area contributed by atoms with Crippen LogP contribution in [0.5, 0.6) is 0 Å². The van der Waals surface area contributed by atoms with E-state index in [4.69, 9.17) is 0 Å². The third kappa shape index (κ3) is 6.13. The third-order valence-corrected chi connectivity index (χ3v) is 4.84. The van der Waals surface area contributed by atoms with Crippen LogP contribution in [-0.4, -0.2) is 70.3 Å². The Balaban J connectivity index is 2.23. The van der Waals surface area contributed by atoms with E-state index in [0.717, 1.165) is 32.7 Å². The highest BCUT2D eigenvalue weighted by molar-refractivity contribution is 7.89. The maximum Gasteiger partial charge on any atom is 0.211 e. The van der Waals surface area contributed by atoms with Gasteiger partial charge in [0.05, 0.1) is 5.75 Å². The van der Waals surface area contributed by atoms with E-state index in [9.17, 15) is 8.42 Å². The van der Waals surface area contributed by atoms with Gasteiger partial charge in [-0.25, -0.2) is 13.1 Å². The van der Waals surface area contributed by atoms with Crippen molar-refractivity contribution in [2.24, 2.45) is 5.92 Å². The fourth-order valence-electron chi connectivity index (χ4n) is 2.15. The zero-order valence-electron chi connectivity index (χ0n) is 11.9. The molecule has 1 unspecified atom stereocenters. The van der Waals surface area contributed by atoms with E-state index < -0.39 is 10.0 Å². The topological polar surface area (TPSA) is 52.7 Å². The van der Waals surface area contributed by atoms with Gasteiger partial charge in [-0.05, 0) is 19.4 Å². The molecule has 18 heavy (non-hydrogen) atoms. The molecule has 1 rings (SSSR count). The van der Waals surface area contributed by atoms with Crippen molar-refractivity contribution in [2.75, 3.05) is 52.1 Å². The number of hydrogen-bond donors (Lipinski definition) is 1. The molecule has 0 aromatic rings. The molecule has 1 N–H and O–H groups in total. The van der Waals surface area contributed by atoms with Gasteiger partial charge in [0, 0.05) is 39.3 Å². The van der Waals surface area contributed by atoms with Crippen molar-refractivity contribution in [1.82, 2.24) is 14.5 Å². The lowest BCUT2D eigenvalue weighted by atomic mass is 10.1. The third-order valence-electron chi connectivity index (χ3n) is 3.29. The molecule has 0 aliphatic carbocycles. The number of rotatable bonds is 7. The summed E-state index contributed by atoms with van der Waals surface area (Å²) in [6, 6.07) is 0. The first kappa shape index (κ1) is 15.9. The molecule has 0 spiro atoms. The Morgan fingerprint density at radius 1 is 1.22 bits per heavy atom. The molecule has 1 aliphatic rings. The van der Waals surface area contributed by atoms with Crippen molar-refractivity contribution in [3.05, 3.63) is 0 Å². The van der Waals surface area contributed by atoms with E-state index in [0.29, 0.717) is 18.9 Å². The summed E-state index contributed by atoms with van der Waals surface area (Å²) in [4.78, 5) is 4.74. The van der Waals surface area contributed by atoms with E-state index in [-0.39, 0.29) is 5.75 Å². The Morgan fingerprint density at radius 3 is 2.39 bits per heavy atom. The lowest BCUT2D eigenvalue weighted by Gasteiger charge is -2.33. The van der Waals surface area contributed by atoms with Crippen molar-refractivity contribution < 1.29 is 8.42 Å². The Kier molecular flexibility index (Phi) is 6.55. The van der Waals surface area contributed by atoms with E-state index in [1.165, 1.54) is 0 Å². The molecular formula is C12H27N3O2S. The van der Waals surface area contributed by atoms with Crippen LogP contribution in [0.1, 0.15) is 20.3 Å². The first-order valence-electron chi connectivity index (χ1n) is 6.81. The van der Waals surface area contributed by atoms with Crippen LogP contribution in [0.25, 0.3) is 0 Å². The Hall–Kier alpha value is -0.170. The van der Waals surface area contributed by atoms with Gasteiger partial charge >= 0.3 is 0 Å². The fraction of sp³-hybridized carbons (Fsp3) is 1.00. The molecule has 0 bridgehead atoms. The lowest BCUT2D eigenvalue weighted by molar-refractivity contribution is 0.139. The minimum absolute atomic E-state index is 0.230. The number of piperazine rings is 1. The molecule has 1 atom stereocenters. The fourth-order valence-corrected chi connectivity index (χ4v) is 3.37. The summed E-state index contributed by atoms with van der Waals surface area (Å²) in [5.74, 6) is 0.592. The van der Waals surface area contributed by atoms with Gasteiger partial charge in [-0.3, -0.25) is 0 Å². The van der Waals surface area contributed by atoms with Gasteiger partial charge in [0.15, 0.2) is 0 Å². The average molecular weight is 277 g/mol. The van der Waals surface area contributed by atoms with Gasteiger partial charge in [-0.2, -0.15) is 0 Å². The summed E-state index contributed by atoms with van der Waals surface area (Å²) in [5, 5.41) is 0. The van der Waals surface area contributed by atoms with Crippen LogP contribution in [0.15, 0.2) is 0 Å². The van der Waals surface area contributed by atoms with Crippen molar-refractivity contribution in [3.63, 3.8) is 0 Å². The molecular weight excluding hydrogens is 250 g/mol. The van der Waals surface area contributed by atoms with E-state index in [1.54, 1.807) is 0 Å². The molecule has 1 heterocycles. The van der Waals surface area contributed by atoms with Crippen LogP contribution in [-0.2, 0) is 10.0 Å². The highest BCUT2D eigenvalue weighted by Gasteiger charge is 2.17. The lowest BCUT2D eigenvalue weighted by Crippen LogP contribution is -2.47. The molecule has 6 heteroatoms. The highest BCUT2D eigenvalue weighted by Crippen LogP contribution is 2.04. The summed E-state index contributed by atoms with van der Waals surface area (Å²) in [7, 11) is -0.915. The summed E-state index contributed by atoms with van der Waals surface area (Å²) in [6.45, 7) is 9.89. The highest BCUT2D eigenvalue weighted by atomic mass is 32.2. The SMILES string of the molecule is CCCS(=O)(=O)NCC(C)CN1CCN(C)CC1. The van der Waals surface area contributed by atoms with Crippen molar-refractivity contribution in [3.8, 4) is 0 Å². The normalized spacial score (nSPS) is 21.1. The summed E-state index contributed by atoms with van der Waals surface area (Å²) >= 11 is 0. The summed E-state index contributed by atoms with van der Waals surface area (Å²) in [5.41, 5.74) is 0. The molecule has 1 aliphatic heterocycles. The molecule has 0 aromatic heterocycles. The second kappa shape index (κ2) is 7.43. The molecule has 0 radical (unpaired) electrons. The molecule has 108 valence electrons. The average Bonchev–Trinajstić information content (AvgIpc) is 2.30. The van der Waals surface area contributed by atoms with Gasteiger partial charge in [0.25, 0.3) is 0 Å². The van der Waals surface area contributed by atoms with Gasteiger partial charge in [-0.15, -0.1) is 0 Å². The van der Waals surface area contributed by atoms with Gasteiger partial charge in [0.2, 0.25) is 10.0 Å². The maximum atomic E-state index is 11.5. The second-order valence-corrected chi connectivity index (χ2v) is 7.30. The smallest absolute Gasteiger partial charge is 0.211 e. The number of likely N-dealkylation sites (N-methyl/N-ethyl adjacent to an activating group) is 1. The zero-order valence-corrected chi connectivity index (χ0v) is 12.7. The number of nitrogens with zero attached hydrogens (tertiary/aromatic N) is 2. The standard InChI is InChI=1S/C12H27N3O2S/c1-4-9-18(16,17)13-10-12(2)11-15-7-5-14(3)6-8-15/h12-13H,4-11H2,1-3H3. The van der Waals surface area contributed by atoms with Crippen LogP contribution in [0, 0.1) is 5.92 Å². The Morgan fingerprint density at radius 2 is 1.83 bits per heavy atom. The number of sulfonamides is 1. The molecule has 0 amide bonds. The predicted molar refractivity (Wildman–Crippen MR) is 75.2 cm³/mol. The van der Waals surface area contributed by atoms with E-state index in [1.807, 2.05) is 6.92 Å². The largest absolute Gasteiger partial charge is 0.304 e. The van der Waals surface area contributed by atoms with Crippen LogP contribution < -0.4 is 4.72 Å². The van der Waals surface area contributed by atoms with Gasteiger partial charge < -0.3 is 9.80 Å². The molecule has 0 aromatic carbocycles. The summed E-state index contributed by atoms with van der Waals surface area (Å²) in [6.07, 6.45) is 0.669. The molecule has 5 nitrogen and oxygen atoms in total. The van der Waals surface area contributed by atoms with E-state index in [2.05, 4.69) is 28.5 Å².